The van der Waals surface area contributed by atoms with E-state index in [9.17, 15) is 13.2 Å². The predicted molar refractivity (Wildman–Crippen MR) is 102 cm³/mol. The summed E-state index contributed by atoms with van der Waals surface area (Å²) in [7, 11) is -3.49. The minimum absolute atomic E-state index is 0.224. The molecule has 4 rings (SSSR count). The third-order valence-corrected chi connectivity index (χ3v) is 6.64. The van der Waals surface area contributed by atoms with E-state index in [1.54, 1.807) is 35.1 Å². The lowest BCUT2D eigenvalue weighted by Crippen LogP contribution is -2.35. The highest BCUT2D eigenvalue weighted by molar-refractivity contribution is 7.89. The lowest BCUT2D eigenvalue weighted by atomic mass is 10.2. The highest BCUT2D eigenvalue weighted by Crippen LogP contribution is 2.21. The van der Waals surface area contributed by atoms with Crippen molar-refractivity contribution in [2.75, 3.05) is 18.4 Å². The van der Waals surface area contributed by atoms with Crippen LogP contribution >= 0.6 is 0 Å². The highest BCUT2D eigenvalue weighted by atomic mass is 32.2. The molecule has 8 heteroatoms. The number of anilines is 1. The first-order valence-corrected chi connectivity index (χ1v) is 10.3. The molecule has 7 nitrogen and oxygen atoms in total. The van der Waals surface area contributed by atoms with E-state index in [-0.39, 0.29) is 10.8 Å². The van der Waals surface area contributed by atoms with Gasteiger partial charge in [0.1, 0.15) is 0 Å². The van der Waals surface area contributed by atoms with Crippen molar-refractivity contribution in [3.8, 4) is 0 Å². The zero-order valence-corrected chi connectivity index (χ0v) is 15.5. The Morgan fingerprint density at radius 3 is 2.48 bits per heavy atom. The molecular formula is C19H20N4O3S. The largest absolute Gasteiger partial charge is 0.322 e. The maximum Gasteiger partial charge on any atom is 0.255 e. The van der Waals surface area contributed by atoms with Gasteiger partial charge < -0.3 is 5.32 Å². The van der Waals surface area contributed by atoms with Gasteiger partial charge in [-0.15, -0.1) is 0 Å². The molecule has 1 aliphatic heterocycles. The van der Waals surface area contributed by atoms with Crippen LogP contribution in [0.4, 0.5) is 5.69 Å². The van der Waals surface area contributed by atoms with E-state index in [2.05, 4.69) is 10.4 Å². The number of hydrogen-bond donors (Lipinski definition) is 1. The molecule has 2 aromatic heterocycles. The highest BCUT2D eigenvalue weighted by Gasteiger charge is 2.25. The molecule has 1 saturated heterocycles. The summed E-state index contributed by atoms with van der Waals surface area (Å²) in [4.78, 5) is 12.7. The number of rotatable bonds is 4. The number of piperidine rings is 1. The average molecular weight is 384 g/mol. The smallest absolute Gasteiger partial charge is 0.255 e. The summed E-state index contributed by atoms with van der Waals surface area (Å²) in [5, 5.41) is 6.93. The van der Waals surface area contributed by atoms with Crippen LogP contribution < -0.4 is 5.32 Å². The molecule has 0 unspecified atom stereocenters. The summed E-state index contributed by atoms with van der Waals surface area (Å²) in [5.41, 5.74) is 1.93. The first-order valence-electron chi connectivity index (χ1n) is 8.89. The lowest BCUT2D eigenvalue weighted by Gasteiger charge is -2.25. The third kappa shape index (κ3) is 3.58. The Kier molecular flexibility index (Phi) is 4.67. The second-order valence-corrected chi connectivity index (χ2v) is 8.50. The van der Waals surface area contributed by atoms with E-state index in [1.165, 1.54) is 16.4 Å². The summed E-state index contributed by atoms with van der Waals surface area (Å²) in [6.45, 7) is 1.11. The van der Waals surface area contributed by atoms with Crippen molar-refractivity contribution in [1.29, 1.82) is 0 Å². The molecule has 1 amide bonds. The zero-order valence-electron chi connectivity index (χ0n) is 14.7. The molecule has 0 spiro atoms. The number of benzene rings is 1. The van der Waals surface area contributed by atoms with Gasteiger partial charge in [-0.1, -0.05) is 6.42 Å². The maximum atomic E-state index is 12.7. The van der Waals surface area contributed by atoms with Gasteiger partial charge in [0.05, 0.1) is 10.4 Å². The molecule has 27 heavy (non-hydrogen) atoms. The first kappa shape index (κ1) is 17.7. The Morgan fingerprint density at radius 1 is 1.00 bits per heavy atom. The molecule has 0 bridgehead atoms. The van der Waals surface area contributed by atoms with Gasteiger partial charge in [-0.2, -0.15) is 9.40 Å². The Balaban J connectivity index is 1.50. The lowest BCUT2D eigenvalue weighted by molar-refractivity contribution is 0.102. The number of amides is 1. The van der Waals surface area contributed by atoms with Gasteiger partial charge in [-0.3, -0.25) is 4.79 Å². The van der Waals surface area contributed by atoms with Crippen molar-refractivity contribution >= 4 is 27.1 Å². The van der Waals surface area contributed by atoms with E-state index in [4.69, 9.17) is 0 Å². The zero-order chi connectivity index (χ0) is 18.9. The number of fused-ring (bicyclic) bond motifs is 1. The van der Waals surface area contributed by atoms with Gasteiger partial charge in [0, 0.05) is 36.7 Å². The number of aromatic nitrogens is 2. The van der Waals surface area contributed by atoms with Crippen molar-refractivity contribution in [3.63, 3.8) is 0 Å². The second kappa shape index (κ2) is 7.13. The van der Waals surface area contributed by atoms with Gasteiger partial charge in [-0.25, -0.2) is 12.9 Å². The third-order valence-electron chi connectivity index (χ3n) is 4.73. The number of carbonyl (C=O) groups is 1. The molecule has 3 heterocycles. The minimum atomic E-state index is -3.49. The molecule has 140 valence electrons. The van der Waals surface area contributed by atoms with Crippen molar-refractivity contribution in [2.24, 2.45) is 0 Å². The van der Waals surface area contributed by atoms with Crippen molar-refractivity contribution in [2.45, 2.75) is 24.2 Å². The molecule has 1 aromatic carbocycles. The molecule has 0 atom stereocenters. The minimum Gasteiger partial charge on any atom is -0.322 e. The number of pyridine rings is 1. The van der Waals surface area contributed by atoms with E-state index < -0.39 is 10.0 Å². The van der Waals surface area contributed by atoms with Crippen LogP contribution in [0.15, 0.2) is 59.8 Å². The Hall–Kier alpha value is -2.71. The average Bonchev–Trinajstić information content (AvgIpc) is 3.16. The second-order valence-electron chi connectivity index (χ2n) is 6.56. The Labute approximate surface area is 157 Å². The van der Waals surface area contributed by atoms with E-state index in [1.807, 2.05) is 12.1 Å². The summed E-state index contributed by atoms with van der Waals surface area (Å²) in [6.07, 6.45) is 6.29. The first-order chi connectivity index (χ1) is 13.0. The van der Waals surface area contributed by atoms with E-state index >= 15 is 0 Å². The summed E-state index contributed by atoms with van der Waals surface area (Å²) in [5.74, 6) is -0.291. The monoisotopic (exact) mass is 384 g/mol. The fraction of sp³-hybridized carbons (Fsp3) is 0.263. The number of nitrogens with zero attached hydrogens (tertiary/aromatic N) is 3. The van der Waals surface area contributed by atoms with Crippen LogP contribution in [0.25, 0.3) is 5.52 Å². The quantitative estimate of drug-likeness (QED) is 0.750. The molecular weight excluding hydrogens is 364 g/mol. The standard InChI is InChI=1S/C19H20N4O3S/c24-19(21-16-9-13-23-17(14-16)8-10-20-23)15-4-6-18(7-5-15)27(25,26)22-11-2-1-3-12-22/h4-10,13-14H,1-3,11-12H2,(H,21,24). The Bertz CT molecular complexity index is 1070. The van der Waals surface area contributed by atoms with E-state index in [0.717, 1.165) is 24.8 Å². The number of hydrogen-bond acceptors (Lipinski definition) is 4. The molecule has 1 fully saturated rings. The summed E-state index contributed by atoms with van der Waals surface area (Å²) in [6, 6.07) is 11.5. The van der Waals surface area contributed by atoms with Crippen molar-refractivity contribution in [3.05, 3.63) is 60.4 Å². The number of sulfonamides is 1. The number of nitrogens with one attached hydrogen (secondary N) is 1. The van der Waals surface area contributed by atoms with Gasteiger partial charge in [0.2, 0.25) is 10.0 Å². The van der Waals surface area contributed by atoms with Crippen molar-refractivity contribution in [1.82, 2.24) is 13.9 Å². The van der Waals surface area contributed by atoms with Gasteiger partial charge in [-0.05, 0) is 55.3 Å². The molecule has 1 N–H and O–H groups in total. The van der Waals surface area contributed by atoms with Crippen molar-refractivity contribution < 1.29 is 13.2 Å². The topological polar surface area (TPSA) is 83.8 Å². The van der Waals surface area contributed by atoms with Crippen LogP contribution in [0, 0.1) is 0 Å². The van der Waals surface area contributed by atoms with E-state index in [0.29, 0.717) is 24.3 Å². The summed E-state index contributed by atoms with van der Waals surface area (Å²) >= 11 is 0. The van der Waals surface area contributed by atoms with Gasteiger partial charge in [0.15, 0.2) is 0 Å². The maximum absolute atomic E-state index is 12.7. The summed E-state index contributed by atoms with van der Waals surface area (Å²) < 4.78 is 28.6. The molecule has 3 aromatic rings. The fourth-order valence-electron chi connectivity index (χ4n) is 3.24. The molecule has 0 radical (unpaired) electrons. The van der Waals surface area contributed by atoms with Gasteiger partial charge in [0.25, 0.3) is 5.91 Å². The van der Waals surface area contributed by atoms with Crippen LogP contribution in [0.1, 0.15) is 29.6 Å². The number of carbonyl (C=O) groups excluding carboxylic acids is 1. The van der Waals surface area contributed by atoms with Crippen LogP contribution in [0.3, 0.4) is 0 Å². The fourth-order valence-corrected chi connectivity index (χ4v) is 4.75. The van der Waals surface area contributed by atoms with Crippen LogP contribution in [-0.2, 0) is 10.0 Å². The van der Waals surface area contributed by atoms with Crippen LogP contribution in [0.5, 0.6) is 0 Å². The predicted octanol–water partition coefficient (Wildman–Crippen LogP) is 2.76. The Morgan fingerprint density at radius 2 is 1.74 bits per heavy atom. The van der Waals surface area contributed by atoms with Gasteiger partial charge >= 0.3 is 0 Å². The molecule has 1 aliphatic rings. The SMILES string of the molecule is O=C(Nc1ccn2nccc2c1)c1ccc(S(=O)(=O)N2CCCCC2)cc1. The molecule has 0 aliphatic carbocycles. The van der Waals surface area contributed by atoms with Crippen LogP contribution in [0.2, 0.25) is 0 Å². The normalized spacial score (nSPS) is 15.7. The van der Waals surface area contributed by atoms with Crippen LogP contribution in [-0.4, -0.2) is 41.3 Å². The molecule has 0 saturated carbocycles.